The van der Waals surface area contributed by atoms with Gasteiger partial charge in [-0.15, -0.1) is 0 Å². The molecule has 0 aromatic heterocycles. The molecule has 1 fully saturated rings. The standard InChI is InChI=1S/C16H21N3O4/c1-11(17-9-12-7-5-4-6-8-12)14(20)19-13(15(21)23-3)10-18(2)16(19)22/h4-8,11,13,17H,9-10H2,1-3H3/t11-,13-/m0/s1. The van der Waals surface area contributed by atoms with E-state index in [9.17, 15) is 14.4 Å². The van der Waals surface area contributed by atoms with Gasteiger partial charge in [0.25, 0.3) is 0 Å². The Hall–Kier alpha value is -2.41. The summed E-state index contributed by atoms with van der Waals surface area (Å²) in [5, 5.41) is 3.07. The predicted molar refractivity (Wildman–Crippen MR) is 83.4 cm³/mol. The molecule has 1 heterocycles. The van der Waals surface area contributed by atoms with E-state index in [0.29, 0.717) is 6.54 Å². The zero-order valence-corrected chi connectivity index (χ0v) is 13.5. The van der Waals surface area contributed by atoms with Crippen molar-refractivity contribution < 1.29 is 19.1 Å². The Balaban J connectivity index is 2.04. The SMILES string of the molecule is COC(=O)[C@@H]1CN(C)C(=O)N1C(=O)[C@H](C)NCc1ccccc1. The number of amides is 3. The number of urea groups is 1. The van der Waals surface area contributed by atoms with Crippen LogP contribution in [0.5, 0.6) is 0 Å². The largest absolute Gasteiger partial charge is 0.467 e. The van der Waals surface area contributed by atoms with Crippen molar-refractivity contribution in [2.45, 2.75) is 25.6 Å². The van der Waals surface area contributed by atoms with Gasteiger partial charge >= 0.3 is 12.0 Å². The molecule has 1 saturated heterocycles. The summed E-state index contributed by atoms with van der Waals surface area (Å²) < 4.78 is 4.69. The fraction of sp³-hybridized carbons (Fsp3) is 0.438. The van der Waals surface area contributed by atoms with E-state index in [-0.39, 0.29) is 6.54 Å². The second-order valence-corrected chi connectivity index (χ2v) is 5.50. The lowest BCUT2D eigenvalue weighted by Gasteiger charge is -2.23. The van der Waals surface area contributed by atoms with Crippen LogP contribution in [-0.4, -0.2) is 60.5 Å². The maximum atomic E-state index is 12.6. The molecule has 0 unspecified atom stereocenters. The van der Waals surface area contributed by atoms with Crippen molar-refractivity contribution in [2.24, 2.45) is 0 Å². The highest BCUT2D eigenvalue weighted by molar-refractivity contribution is 6.02. The molecule has 3 amide bonds. The fourth-order valence-electron chi connectivity index (χ4n) is 2.46. The molecular weight excluding hydrogens is 298 g/mol. The van der Waals surface area contributed by atoms with E-state index in [2.05, 4.69) is 10.1 Å². The molecule has 0 spiro atoms. The number of carbonyl (C=O) groups is 3. The molecule has 0 aliphatic carbocycles. The van der Waals surface area contributed by atoms with Crippen molar-refractivity contribution in [3.8, 4) is 0 Å². The molecule has 1 aliphatic heterocycles. The zero-order chi connectivity index (χ0) is 17.0. The molecule has 0 bridgehead atoms. The lowest BCUT2D eigenvalue weighted by molar-refractivity contribution is -0.149. The number of carbonyl (C=O) groups excluding carboxylic acids is 3. The van der Waals surface area contributed by atoms with E-state index in [4.69, 9.17) is 0 Å². The first-order valence-corrected chi connectivity index (χ1v) is 7.39. The topological polar surface area (TPSA) is 79.0 Å². The number of likely N-dealkylation sites (N-methyl/N-ethyl adjacent to an activating group) is 1. The Morgan fingerprint density at radius 3 is 2.61 bits per heavy atom. The summed E-state index contributed by atoms with van der Waals surface area (Å²) in [5.74, 6) is -1.03. The highest BCUT2D eigenvalue weighted by atomic mass is 16.5. The van der Waals surface area contributed by atoms with Crippen molar-refractivity contribution >= 4 is 17.9 Å². The molecule has 1 aromatic rings. The Kier molecular flexibility index (Phi) is 5.33. The van der Waals surface area contributed by atoms with Crippen LogP contribution in [0, 0.1) is 0 Å². The smallest absolute Gasteiger partial charge is 0.331 e. The summed E-state index contributed by atoms with van der Waals surface area (Å²) in [6.07, 6.45) is 0. The number of ether oxygens (including phenoxy) is 1. The van der Waals surface area contributed by atoms with Gasteiger partial charge in [0, 0.05) is 13.6 Å². The van der Waals surface area contributed by atoms with Crippen molar-refractivity contribution in [3.63, 3.8) is 0 Å². The van der Waals surface area contributed by atoms with Gasteiger partial charge in [0.1, 0.15) is 0 Å². The maximum Gasteiger partial charge on any atom is 0.331 e. The highest BCUT2D eigenvalue weighted by Gasteiger charge is 2.45. The highest BCUT2D eigenvalue weighted by Crippen LogP contribution is 2.17. The zero-order valence-electron chi connectivity index (χ0n) is 13.5. The molecule has 0 radical (unpaired) electrons. The number of nitrogens with one attached hydrogen (secondary N) is 1. The molecule has 1 aliphatic rings. The third kappa shape index (κ3) is 3.68. The minimum absolute atomic E-state index is 0.142. The molecule has 7 heteroatoms. The van der Waals surface area contributed by atoms with E-state index in [1.54, 1.807) is 14.0 Å². The first-order valence-electron chi connectivity index (χ1n) is 7.39. The molecule has 2 atom stereocenters. The van der Waals surface area contributed by atoms with Gasteiger partial charge in [-0.2, -0.15) is 0 Å². The number of hydrogen-bond acceptors (Lipinski definition) is 5. The van der Waals surface area contributed by atoms with E-state index in [1.807, 2.05) is 30.3 Å². The first kappa shape index (κ1) is 17.0. The molecular formula is C16H21N3O4. The number of benzene rings is 1. The molecule has 7 nitrogen and oxygen atoms in total. The van der Waals surface area contributed by atoms with Crippen LogP contribution in [0.2, 0.25) is 0 Å². The van der Waals surface area contributed by atoms with Crippen molar-refractivity contribution in [1.82, 2.24) is 15.1 Å². The van der Waals surface area contributed by atoms with Crippen LogP contribution in [0.25, 0.3) is 0 Å². The van der Waals surface area contributed by atoms with E-state index in [0.717, 1.165) is 10.5 Å². The molecule has 1 aromatic carbocycles. The second-order valence-electron chi connectivity index (χ2n) is 5.50. The molecule has 23 heavy (non-hydrogen) atoms. The summed E-state index contributed by atoms with van der Waals surface area (Å²) >= 11 is 0. The summed E-state index contributed by atoms with van der Waals surface area (Å²) in [4.78, 5) is 38.8. The normalized spacial score (nSPS) is 18.9. The number of rotatable bonds is 5. The minimum atomic E-state index is -0.897. The Morgan fingerprint density at radius 1 is 1.35 bits per heavy atom. The summed E-state index contributed by atoms with van der Waals surface area (Å²) in [6.45, 7) is 2.31. The van der Waals surface area contributed by atoms with Gasteiger partial charge in [0.2, 0.25) is 5.91 Å². The average Bonchev–Trinajstić information content (AvgIpc) is 2.87. The van der Waals surface area contributed by atoms with E-state index < -0.39 is 30.0 Å². The predicted octanol–water partition coefficient (Wildman–Crippen LogP) is 0.600. The number of nitrogens with zero attached hydrogens (tertiary/aromatic N) is 2. The maximum absolute atomic E-state index is 12.6. The van der Waals surface area contributed by atoms with Crippen LogP contribution in [-0.2, 0) is 20.9 Å². The number of methoxy groups -OCH3 is 1. The van der Waals surface area contributed by atoms with Gasteiger partial charge in [0.05, 0.1) is 19.7 Å². The third-order valence-electron chi connectivity index (χ3n) is 3.83. The molecule has 2 rings (SSSR count). The number of esters is 1. The Bertz CT molecular complexity index is 590. The second kappa shape index (κ2) is 7.23. The summed E-state index contributed by atoms with van der Waals surface area (Å²) in [6, 6.07) is 7.64. The lowest BCUT2D eigenvalue weighted by atomic mass is 10.2. The number of hydrogen-bond donors (Lipinski definition) is 1. The van der Waals surface area contributed by atoms with Gasteiger partial charge in [-0.1, -0.05) is 30.3 Å². The van der Waals surface area contributed by atoms with Crippen LogP contribution in [0.3, 0.4) is 0 Å². The minimum Gasteiger partial charge on any atom is -0.467 e. The Morgan fingerprint density at radius 2 is 2.00 bits per heavy atom. The summed E-state index contributed by atoms with van der Waals surface area (Å²) in [5.41, 5.74) is 1.03. The lowest BCUT2D eigenvalue weighted by Crippen LogP contribution is -2.51. The van der Waals surface area contributed by atoms with Crippen molar-refractivity contribution in [2.75, 3.05) is 20.7 Å². The Labute approximate surface area is 135 Å². The fourth-order valence-corrected chi connectivity index (χ4v) is 2.46. The van der Waals surface area contributed by atoms with Gasteiger partial charge in [0.15, 0.2) is 6.04 Å². The van der Waals surface area contributed by atoms with Crippen LogP contribution in [0.4, 0.5) is 4.79 Å². The van der Waals surface area contributed by atoms with Crippen LogP contribution < -0.4 is 5.32 Å². The molecule has 124 valence electrons. The average molecular weight is 319 g/mol. The quantitative estimate of drug-likeness (QED) is 0.804. The number of imide groups is 1. The van der Waals surface area contributed by atoms with E-state index in [1.165, 1.54) is 12.0 Å². The molecule has 1 N–H and O–H groups in total. The third-order valence-corrected chi connectivity index (χ3v) is 3.83. The van der Waals surface area contributed by atoms with Gasteiger partial charge in [-0.05, 0) is 12.5 Å². The van der Waals surface area contributed by atoms with Gasteiger partial charge in [-0.25, -0.2) is 14.5 Å². The van der Waals surface area contributed by atoms with Crippen LogP contribution in [0.1, 0.15) is 12.5 Å². The van der Waals surface area contributed by atoms with Crippen LogP contribution in [0.15, 0.2) is 30.3 Å². The van der Waals surface area contributed by atoms with E-state index >= 15 is 0 Å². The van der Waals surface area contributed by atoms with Crippen molar-refractivity contribution in [1.29, 1.82) is 0 Å². The molecule has 0 saturated carbocycles. The van der Waals surface area contributed by atoms with Crippen LogP contribution >= 0.6 is 0 Å². The van der Waals surface area contributed by atoms with Gasteiger partial charge < -0.3 is 15.0 Å². The van der Waals surface area contributed by atoms with Crippen molar-refractivity contribution in [3.05, 3.63) is 35.9 Å². The monoisotopic (exact) mass is 319 g/mol. The summed E-state index contributed by atoms with van der Waals surface area (Å²) in [7, 11) is 2.79. The van der Waals surface area contributed by atoms with Gasteiger partial charge in [-0.3, -0.25) is 4.79 Å². The first-order chi connectivity index (χ1) is 11.0.